The van der Waals surface area contributed by atoms with Crippen LogP contribution in [-0.2, 0) is 11.3 Å². The summed E-state index contributed by atoms with van der Waals surface area (Å²) in [7, 11) is 1.54. The quantitative estimate of drug-likeness (QED) is 0.492. The topological polar surface area (TPSA) is 99.9 Å². The minimum Gasteiger partial charge on any atom is -0.493 e. The third-order valence-electron chi connectivity index (χ3n) is 3.67. The molecule has 0 saturated carbocycles. The van der Waals surface area contributed by atoms with Gasteiger partial charge >= 0.3 is 5.69 Å². The van der Waals surface area contributed by atoms with E-state index in [4.69, 9.17) is 14.2 Å². The van der Waals surface area contributed by atoms with Gasteiger partial charge < -0.3 is 19.5 Å². The van der Waals surface area contributed by atoms with E-state index in [1.165, 1.54) is 13.2 Å². The summed E-state index contributed by atoms with van der Waals surface area (Å²) in [5, 5.41) is 13.2. The second kappa shape index (κ2) is 10.1. The van der Waals surface area contributed by atoms with Crippen LogP contribution in [0.4, 0.5) is 10.1 Å². The van der Waals surface area contributed by atoms with E-state index in [1.807, 2.05) is 6.92 Å². The summed E-state index contributed by atoms with van der Waals surface area (Å²) in [6.45, 7) is 2.46. The fraction of sp³-hybridized carbons (Fsp3) is 0.316. The van der Waals surface area contributed by atoms with E-state index < -0.39 is 22.3 Å². The Kier molecular flexibility index (Phi) is 7.55. The van der Waals surface area contributed by atoms with Gasteiger partial charge in [-0.25, -0.2) is 0 Å². The van der Waals surface area contributed by atoms with Crippen molar-refractivity contribution in [2.75, 3.05) is 20.3 Å². The van der Waals surface area contributed by atoms with Crippen LogP contribution < -0.4 is 19.5 Å². The summed E-state index contributed by atoms with van der Waals surface area (Å²) >= 11 is 0. The van der Waals surface area contributed by atoms with Crippen LogP contribution in [0.15, 0.2) is 36.4 Å². The minimum atomic E-state index is -1.03. The molecule has 0 aliphatic heterocycles. The monoisotopic (exact) mass is 392 g/mol. The lowest BCUT2D eigenvalue weighted by atomic mass is 10.2. The lowest BCUT2D eigenvalue weighted by molar-refractivity contribution is -0.387. The number of nitro groups is 1. The Balaban J connectivity index is 1.87. The molecule has 0 radical (unpaired) electrons. The molecule has 0 heterocycles. The molecule has 0 saturated heterocycles. The van der Waals surface area contributed by atoms with Crippen molar-refractivity contribution >= 4 is 11.6 Å². The maximum absolute atomic E-state index is 13.5. The number of hydrogen-bond donors (Lipinski definition) is 1. The zero-order valence-corrected chi connectivity index (χ0v) is 15.6. The largest absolute Gasteiger partial charge is 0.493 e. The molecule has 9 heteroatoms. The highest BCUT2D eigenvalue weighted by molar-refractivity contribution is 5.77. The van der Waals surface area contributed by atoms with Crippen LogP contribution in [0.2, 0.25) is 0 Å². The van der Waals surface area contributed by atoms with E-state index in [9.17, 15) is 19.3 Å². The van der Waals surface area contributed by atoms with Crippen molar-refractivity contribution in [3.05, 3.63) is 57.9 Å². The molecular weight excluding hydrogens is 371 g/mol. The number of methoxy groups -OCH3 is 1. The summed E-state index contributed by atoms with van der Waals surface area (Å²) in [4.78, 5) is 21.7. The standard InChI is InChI=1S/C19H21FN2O6/c1-3-8-27-17-7-4-13(9-18(17)26-2)11-21-19(23)12-28-14-5-6-16(22(24)25)15(20)10-14/h4-7,9-10H,3,8,11-12H2,1-2H3,(H,21,23). The van der Waals surface area contributed by atoms with Crippen LogP contribution in [0, 0.1) is 15.9 Å². The van der Waals surface area contributed by atoms with E-state index in [2.05, 4.69) is 5.32 Å². The number of hydrogen-bond acceptors (Lipinski definition) is 6. The van der Waals surface area contributed by atoms with Crippen molar-refractivity contribution < 1.29 is 28.3 Å². The Morgan fingerprint density at radius 3 is 2.61 bits per heavy atom. The van der Waals surface area contributed by atoms with Gasteiger partial charge in [0.1, 0.15) is 5.75 Å². The molecule has 0 unspecified atom stereocenters. The zero-order valence-electron chi connectivity index (χ0n) is 15.6. The van der Waals surface area contributed by atoms with Gasteiger partial charge in [0, 0.05) is 18.7 Å². The normalized spacial score (nSPS) is 10.2. The van der Waals surface area contributed by atoms with Crippen molar-refractivity contribution in [1.82, 2.24) is 5.32 Å². The molecule has 0 spiro atoms. The van der Waals surface area contributed by atoms with Gasteiger partial charge in [-0.3, -0.25) is 14.9 Å². The molecule has 150 valence electrons. The average molecular weight is 392 g/mol. The third kappa shape index (κ3) is 5.83. The molecule has 1 N–H and O–H groups in total. The second-order valence-electron chi connectivity index (χ2n) is 5.77. The number of halogens is 1. The van der Waals surface area contributed by atoms with Gasteiger partial charge in [0.05, 0.1) is 18.6 Å². The number of carbonyl (C=O) groups is 1. The van der Waals surface area contributed by atoms with Crippen LogP contribution in [0.5, 0.6) is 17.2 Å². The molecule has 0 fully saturated rings. The number of nitrogens with one attached hydrogen (secondary N) is 1. The van der Waals surface area contributed by atoms with E-state index in [0.717, 1.165) is 24.1 Å². The Hall–Kier alpha value is -3.36. The van der Waals surface area contributed by atoms with Gasteiger partial charge in [0.2, 0.25) is 5.82 Å². The number of ether oxygens (including phenoxy) is 3. The van der Waals surface area contributed by atoms with Crippen molar-refractivity contribution in [2.45, 2.75) is 19.9 Å². The first-order valence-corrected chi connectivity index (χ1v) is 8.57. The third-order valence-corrected chi connectivity index (χ3v) is 3.67. The zero-order chi connectivity index (χ0) is 20.5. The first kappa shape index (κ1) is 20.9. The molecule has 1 amide bonds. The predicted octanol–water partition coefficient (Wildman–Crippen LogP) is 3.23. The van der Waals surface area contributed by atoms with Crippen LogP contribution in [-0.4, -0.2) is 31.2 Å². The number of carbonyl (C=O) groups excluding carboxylic acids is 1. The van der Waals surface area contributed by atoms with Crippen molar-refractivity contribution in [2.24, 2.45) is 0 Å². The Bertz CT molecular complexity index is 843. The first-order chi connectivity index (χ1) is 13.4. The summed E-state index contributed by atoms with van der Waals surface area (Å²) in [6, 6.07) is 8.42. The Morgan fingerprint density at radius 1 is 1.18 bits per heavy atom. The molecule has 0 aliphatic carbocycles. The SMILES string of the molecule is CCCOc1ccc(CNC(=O)COc2ccc([N+](=O)[O-])c(F)c2)cc1OC. The number of nitro benzene ring substituents is 1. The van der Waals surface area contributed by atoms with Crippen LogP contribution in [0.25, 0.3) is 0 Å². The van der Waals surface area contributed by atoms with Gasteiger partial charge in [-0.2, -0.15) is 4.39 Å². The van der Waals surface area contributed by atoms with E-state index in [-0.39, 0.29) is 18.9 Å². The van der Waals surface area contributed by atoms with E-state index in [1.54, 1.807) is 18.2 Å². The fourth-order valence-electron chi connectivity index (χ4n) is 2.28. The molecule has 8 nitrogen and oxygen atoms in total. The van der Waals surface area contributed by atoms with Crippen LogP contribution in [0.1, 0.15) is 18.9 Å². The minimum absolute atomic E-state index is 0.0253. The van der Waals surface area contributed by atoms with Gasteiger partial charge in [-0.1, -0.05) is 13.0 Å². The smallest absolute Gasteiger partial charge is 0.305 e. The fourth-order valence-corrected chi connectivity index (χ4v) is 2.28. The Morgan fingerprint density at radius 2 is 1.96 bits per heavy atom. The van der Waals surface area contributed by atoms with Gasteiger partial charge in [0.15, 0.2) is 18.1 Å². The summed E-state index contributed by atoms with van der Waals surface area (Å²) in [5.74, 6) is -0.234. The molecule has 2 aromatic carbocycles. The molecule has 28 heavy (non-hydrogen) atoms. The summed E-state index contributed by atoms with van der Waals surface area (Å²) in [6.07, 6.45) is 0.875. The molecule has 0 atom stereocenters. The number of rotatable bonds is 10. The van der Waals surface area contributed by atoms with E-state index in [0.29, 0.717) is 18.1 Å². The average Bonchev–Trinajstić information content (AvgIpc) is 2.69. The first-order valence-electron chi connectivity index (χ1n) is 8.57. The number of benzene rings is 2. The van der Waals surface area contributed by atoms with Gasteiger partial charge in [-0.05, 0) is 30.2 Å². The lowest BCUT2D eigenvalue weighted by Crippen LogP contribution is -2.28. The van der Waals surface area contributed by atoms with Crippen molar-refractivity contribution in [3.8, 4) is 17.2 Å². The maximum atomic E-state index is 13.5. The van der Waals surface area contributed by atoms with Crippen LogP contribution >= 0.6 is 0 Å². The van der Waals surface area contributed by atoms with Gasteiger partial charge in [0.25, 0.3) is 5.91 Å². The molecular formula is C19H21FN2O6. The van der Waals surface area contributed by atoms with E-state index >= 15 is 0 Å². The highest BCUT2D eigenvalue weighted by atomic mass is 19.1. The number of nitrogens with zero attached hydrogens (tertiary/aromatic N) is 1. The summed E-state index contributed by atoms with van der Waals surface area (Å²) in [5.41, 5.74) is 0.146. The lowest BCUT2D eigenvalue weighted by Gasteiger charge is -2.12. The number of amides is 1. The van der Waals surface area contributed by atoms with Crippen LogP contribution in [0.3, 0.4) is 0 Å². The maximum Gasteiger partial charge on any atom is 0.305 e. The second-order valence-corrected chi connectivity index (χ2v) is 5.77. The Labute approximate surface area is 161 Å². The summed E-state index contributed by atoms with van der Waals surface area (Å²) < 4.78 is 29.6. The highest BCUT2D eigenvalue weighted by Crippen LogP contribution is 2.28. The van der Waals surface area contributed by atoms with Crippen molar-refractivity contribution in [1.29, 1.82) is 0 Å². The predicted molar refractivity (Wildman–Crippen MR) is 99.2 cm³/mol. The molecule has 0 aliphatic rings. The molecule has 0 aromatic heterocycles. The van der Waals surface area contributed by atoms with Gasteiger partial charge in [-0.15, -0.1) is 0 Å². The molecule has 2 rings (SSSR count). The highest BCUT2D eigenvalue weighted by Gasteiger charge is 2.15. The molecule has 0 bridgehead atoms. The van der Waals surface area contributed by atoms with Crippen molar-refractivity contribution in [3.63, 3.8) is 0 Å². The molecule has 2 aromatic rings.